The number of carboxylic acid groups (broad SMARTS) is 2. The van der Waals surface area contributed by atoms with Crippen molar-refractivity contribution < 1.29 is 39.0 Å². The molecule has 0 atom stereocenters. The van der Waals surface area contributed by atoms with Gasteiger partial charge in [-0.1, -0.05) is 155 Å². The molecule has 0 aromatic rings. The van der Waals surface area contributed by atoms with E-state index >= 15 is 0 Å². The fraction of sp³-hybridized carbons (Fsp3) is 0.933. The molecule has 0 saturated heterocycles. The molecule has 0 rings (SSSR count). The Balaban J connectivity index is -0.000000566. The first-order valence-corrected chi connectivity index (χ1v) is 17.3. The van der Waals surface area contributed by atoms with E-state index in [0.29, 0.717) is 12.8 Å². The number of phosphoric acid groups is 1. The predicted molar refractivity (Wildman–Crippen MR) is 161 cm³/mol. The summed E-state index contributed by atoms with van der Waals surface area (Å²) in [5.74, 6) is -1.31. The zero-order valence-electron chi connectivity index (χ0n) is 25.3. The number of carbonyl (C=O) groups is 2. The summed E-state index contributed by atoms with van der Waals surface area (Å²) in [4.78, 5) is 42.1. The highest BCUT2D eigenvalue weighted by molar-refractivity contribution is 7.45. The van der Waals surface area contributed by atoms with E-state index in [1.807, 2.05) is 0 Å². The van der Waals surface area contributed by atoms with E-state index in [1.54, 1.807) is 0 Å². The van der Waals surface area contributed by atoms with Crippen molar-refractivity contribution in [1.82, 2.24) is 0 Å². The molecule has 0 spiro atoms. The minimum atomic E-state index is -4.64. The van der Waals surface area contributed by atoms with Crippen LogP contribution < -0.4 is 0 Å². The maximum atomic E-state index is 10.3. The normalized spacial score (nSPS) is 10.8. The molecule has 0 aliphatic carbocycles. The quantitative estimate of drug-likeness (QED) is 0.0499. The van der Waals surface area contributed by atoms with Gasteiger partial charge in [-0.15, -0.1) is 0 Å². The number of hydrogen-bond acceptors (Lipinski definition) is 3. The van der Waals surface area contributed by atoms with Gasteiger partial charge in [0.2, 0.25) is 0 Å². The molecule has 5 N–H and O–H groups in total. The fourth-order valence-corrected chi connectivity index (χ4v) is 4.23. The van der Waals surface area contributed by atoms with E-state index in [4.69, 9.17) is 29.5 Å². The maximum Gasteiger partial charge on any atom is 0.466 e. The average Bonchev–Trinajstić information content (AvgIpc) is 2.84. The standard InChI is InChI=1S/2C15H30O2.H3O4P/c2*1-2-3-4-5-6-7-8-9-10-11-12-13-14-15(16)17;1-5(2,3)4/h2*2-14H2,1H3,(H,16,17);(H3,1,2,3,4). The van der Waals surface area contributed by atoms with Gasteiger partial charge in [0.25, 0.3) is 0 Å². The Morgan fingerprint density at radius 2 is 0.564 bits per heavy atom. The van der Waals surface area contributed by atoms with Crippen LogP contribution in [0.4, 0.5) is 0 Å². The Bertz CT molecular complexity index is 505. The van der Waals surface area contributed by atoms with Crippen molar-refractivity contribution in [2.45, 2.75) is 181 Å². The van der Waals surface area contributed by atoms with E-state index in [2.05, 4.69) is 13.8 Å². The van der Waals surface area contributed by atoms with Gasteiger partial charge in [0.05, 0.1) is 0 Å². The molecule has 39 heavy (non-hydrogen) atoms. The third kappa shape index (κ3) is 62.2. The molecular weight excluding hydrogens is 519 g/mol. The minimum absolute atomic E-state index is 0.345. The summed E-state index contributed by atoms with van der Waals surface area (Å²) in [6.45, 7) is 4.51. The van der Waals surface area contributed by atoms with Crippen LogP contribution in [0.1, 0.15) is 181 Å². The third-order valence-electron chi connectivity index (χ3n) is 6.49. The maximum absolute atomic E-state index is 10.3. The fourth-order valence-electron chi connectivity index (χ4n) is 4.23. The smallest absolute Gasteiger partial charge is 0.466 e. The SMILES string of the molecule is CCCCCCCCCCCCCCC(=O)O.CCCCCCCCCCCCCCC(=O)O.O=P(O)(O)O. The number of unbranched alkanes of at least 4 members (excludes halogenated alkanes) is 22. The lowest BCUT2D eigenvalue weighted by Gasteiger charge is -2.02. The van der Waals surface area contributed by atoms with Crippen LogP contribution in [0.5, 0.6) is 0 Å². The molecule has 9 heteroatoms. The zero-order valence-corrected chi connectivity index (χ0v) is 26.2. The second-order valence-corrected chi connectivity index (χ2v) is 11.6. The van der Waals surface area contributed by atoms with Gasteiger partial charge in [-0.05, 0) is 12.8 Å². The predicted octanol–water partition coefficient (Wildman–Crippen LogP) is 9.40. The molecule has 0 aromatic carbocycles. The van der Waals surface area contributed by atoms with Gasteiger partial charge < -0.3 is 24.9 Å². The molecule has 0 aromatic heterocycles. The number of hydrogen-bond donors (Lipinski definition) is 5. The summed E-state index contributed by atoms with van der Waals surface area (Å²) in [6, 6.07) is 0. The average molecular weight is 583 g/mol. The van der Waals surface area contributed by atoms with Gasteiger partial charge in [-0.25, -0.2) is 4.57 Å². The summed E-state index contributed by atoms with van der Waals surface area (Å²) in [5, 5.41) is 16.9. The Kier molecular flexibility index (Phi) is 38.2. The van der Waals surface area contributed by atoms with Gasteiger partial charge in [-0.2, -0.15) is 0 Å². The van der Waals surface area contributed by atoms with Crippen LogP contribution >= 0.6 is 7.82 Å². The molecule has 0 radical (unpaired) electrons. The highest BCUT2D eigenvalue weighted by Crippen LogP contribution is 2.25. The van der Waals surface area contributed by atoms with Crippen molar-refractivity contribution in [3.05, 3.63) is 0 Å². The Labute approximate surface area is 239 Å². The number of aliphatic carboxylic acids is 2. The Morgan fingerprint density at radius 1 is 0.410 bits per heavy atom. The van der Waals surface area contributed by atoms with E-state index in [0.717, 1.165) is 25.7 Å². The third-order valence-corrected chi connectivity index (χ3v) is 6.49. The van der Waals surface area contributed by atoms with Crippen molar-refractivity contribution in [2.24, 2.45) is 0 Å². The molecule has 0 heterocycles. The monoisotopic (exact) mass is 582 g/mol. The van der Waals surface area contributed by atoms with Crippen LogP contribution in [-0.2, 0) is 14.2 Å². The van der Waals surface area contributed by atoms with Gasteiger partial charge >= 0.3 is 19.8 Å². The lowest BCUT2D eigenvalue weighted by molar-refractivity contribution is -0.138. The number of rotatable bonds is 26. The summed E-state index contributed by atoms with van der Waals surface area (Å²) in [6.07, 6.45) is 31.6. The molecule has 236 valence electrons. The topological polar surface area (TPSA) is 152 Å². The molecule has 0 bridgehead atoms. The van der Waals surface area contributed by atoms with Crippen LogP contribution in [0.2, 0.25) is 0 Å². The summed E-state index contributed by atoms with van der Waals surface area (Å²) < 4.78 is 8.88. The van der Waals surface area contributed by atoms with Crippen molar-refractivity contribution >= 4 is 19.8 Å². The van der Waals surface area contributed by atoms with E-state index < -0.39 is 19.8 Å². The van der Waals surface area contributed by atoms with Gasteiger partial charge in [0.1, 0.15) is 0 Å². The summed E-state index contributed by atoms with van der Waals surface area (Å²) >= 11 is 0. The highest BCUT2D eigenvalue weighted by atomic mass is 31.2. The molecule has 0 saturated carbocycles. The van der Waals surface area contributed by atoms with Crippen LogP contribution in [0.3, 0.4) is 0 Å². The van der Waals surface area contributed by atoms with E-state index in [-0.39, 0.29) is 0 Å². The molecule has 0 unspecified atom stereocenters. The van der Waals surface area contributed by atoms with Crippen molar-refractivity contribution in [3.63, 3.8) is 0 Å². The Hall–Kier alpha value is -0.950. The second-order valence-electron chi connectivity index (χ2n) is 10.6. The van der Waals surface area contributed by atoms with Gasteiger partial charge in [-0.3, -0.25) is 9.59 Å². The zero-order chi connectivity index (χ0) is 30.0. The van der Waals surface area contributed by atoms with Crippen LogP contribution in [0.25, 0.3) is 0 Å². The first-order chi connectivity index (χ1) is 18.5. The molecule has 8 nitrogen and oxygen atoms in total. The molecular formula is C30H63O8P. The summed E-state index contributed by atoms with van der Waals surface area (Å²) in [7, 11) is -4.64. The van der Waals surface area contributed by atoms with Crippen molar-refractivity contribution in [1.29, 1.82) is 0 Å². The van der Waals surface area contributed by atoms with Crippen molar-refractivity contribution in [3.8, 4) is 0 Å². The first-order valence-electron chi connectivity index (χ1n) is 15.8. The van der Waals surface area contributed by atoms with Gasteiger partial charge in [0.15, 0.2) is 0 Å². The van der Waals surface area contributed by atoms with Crippen molar-refractivity contribution in [2.75, 3.05) is 0 Å². The van der Waals surface area contributed by atoms with Crippen LogP contribution in [0, 0.1) is 0 Å². The molecule has 0 fully saturated rings. The van der Waals surface area contributed by atoms with E-state index in [9.17, 15) is 9.59 Å². The highest BCUT2D eigenvalue weighted by Gasteiger charge is 2.00. The molecule has 0 aliphatic rings. The largest absolute Gasteiger partial charge is 0.481 e. The summed E-state index contributed by atoms with van der Waals surface area (Å²) in [5.41, 5.74) is 0. The van der Waals surface area contributed by atoms with Gasteiger partial charge in [0, 0.05) is 12.8 Å². The van der Waals surface area contributed by atoms with E-state index in [1.165, 1.54) is 128 Å². The molecule has 0 amide bonds. The molecule has 0 aliphatic heterocycles. The van der Waals surface area contributed by atoms with Crippen LogP contribution in [-0.4, -0.2) is 36.8 Å². The first kappa shape index (κ1) is 42.5. The number of carboxylic acids is 2. The lowest BCUT2D eigenvalue weighted by Crippen LogP contribution is -1.93. The second kappa shape index (κ2) is 35.1. The van der Waals surface area contributed by atoms with Crippen LogP contribution in [0.15, 0.2) is 0 Å². The Morgan fingerprint density at radius 3 is 0.718 bits per heavy atom. The lowest BCUT2D eigenvalue weighted by atomic mass is 10.0. The minimum Gasteiger partial charge on any atom is -0.481 e.